The van der Waals surface area contributed by atoms with Gasteiger partial charge in [-0.15, -0.1) is 0 Å². The normalized spacial score (nSPS) is 10.8. The van der Waals surface area contributed by atoms with E-state index in [0.29, 0.717) is 11.0 Å². The van der Waals surface area contributed by atoms with Gasteiger partial charge in [0.15, 0.2) is 5.16 Å². The zero-order valence-electron chi connectivity index (χ0n) is 9.66. The van der Waals surface area contributed by atoms with Gasteiger partial charge < -0.3 is 5.73 Å². The van der Waals surface area contributed by atoms with Crippen molar-refractivity contribution in [3.8, 4) is 0 Å². The lowest BCUT2D eigenvalue weighted by molar-refractivity contribution is 0.756. The average molecular weight is 247 g/mol. The third-order valence-corrected chi connectivity index (χ3v) is 2.81. The first-order valence-corrected chi connectivity index (χ1v) is 6.06. The fourth-order valence-electron chi connectivity index (χ4n) is 1.20. The van der Waals surface area contributed by atoms with Crippen molar-refractivity contribution in [1.82, 2.24) is 19.9 Å². The van der Waals surface area contributed by atoms with E-state index in [9.17, 15) is 0 Å². The minimum absolute atomic E-state index is 0.245. The van der Waals surface area contributed by atoms with Crippen molar-refractivity contribution in [2.45, 2.75) is 29.9 Å². The van der Waals surface area contributed by atoms with Gasteiger partial charge in [-0.2, -0.15) is 0 Å². The van der Waals surface area contributed by atoms with Crippen LogP contribution in [0.5, 0.6) is 0 Å². The second-order valence-electron chi connectivity index (χ2n) is 3.78. The van der Waals surface area contributed by atoms with E-state index in [0.717, 1.165) is 10.9 Å². The van der Waals surface area contributed by atoms with Crippen LogP contribution in [0.2, 0.25) is 0 Å². The van der Waals surface area contributed by atoms with Crippen LogP contribution in [-0.4, -0.2) is 19.9 Å². The van der Waals surface area contributed by atoms with Crippen LogP contribution in [0.4, 0.5) is 5.82 Å². The van der Waals surface area contributed by atoms with Gasteiger partial charge in [0, 0.05) is 24.4 Å². The van der Waals surface area contributed by atoms with E-state index in [2.05, 4.69) is 19.9 Å². The Labute approximate surface area is 104 Å². The van der Waals surface area contributed by atoms with Crippen molar-refractivity contribution in [3.05, 3.63) is 30.4 Å². The fourth-order valence-corrected chi connectivity index (χ4v) is 1.94. The van der Waals surface area contributed by atoms with Gasteiger partial charge in [-0.25, -0.2) is 19.9 Å². The molecule has 5 nitrogen and oxygen atoms in total. The molecule has 0 radical (unpaired) electrons. The standard InChI is InChI=1S/C11H13N5S/c1-7(2)10-15-8(12)6-9(16-10)17-11-13-4-3-5-14-11/h3-7H,1-2H3,(H2,12,15,16). The Bertz CT molecular complexity index is 500. The molecule has 0 aliphatic rings. The lowest BCUT2D eigenvalue weighted by Gasteiger charge is -2.06. The van der Waals surface area contributed by atoms with Crippen molar-refractivity contribution in [1.29, 1.82) is 0 Å². The van der Waals surface area contributed by atoms with Gasteiger partial charge in [-0.1, -0.05) is 13.8 Å². The van der Waals surface area contributed by atoms with Gasteiger partial charge in [0.1, 0.15) is 16.7 Å². The predicted molar refractivity (Wildman–Crippen MR) is 66.7 cm³/mol. The number of nitrogens with two attached hydrogens (primary N) is 1. The van der Waals surface area contributed by atoms with Crippen molar-refractivity contribution < 1.29 is 0 Å². The van der Waals surface area contributed by atoms with Crippen LogP contribution in [0, 0.1) is 0 Å². The minimum atomic E-state index is 0.245. The molecule has 2 rings (SSSR count). The molecule has 0 aliphatic heterocycles. The first-order chi connectivity index (χ1) is 8.15. The Morgan fingerprint density at radius 2 is 1.88 bits per heavy atom. The van der Waals surface area contributed by atoms with Gasteiger partial charge in [0.25, 0.3) is 0 Å². The van der Waals surface area contributed by atoms with Crippen LogP contribution < -0.4 is 5.73 Å². The van der Waals surface area contributed by atoms with Crippen LogP contribution in [0.1, 0.15) is 25.6 Å². The Morgan fingerprint density at radius 3 is 2.53 bits per heavy atom. The summed E-state index contributed by atoms with van der Waals surface area (Å²) < 4.78 is 0. The highest BCUT2D eigenvalue weighted by molar-refractivity contribution is 7.99. The second-order valence-corrected chi connectivity index (χ2v) is 4.76. The molecule has 6 heteroatoms. The van der Waals surface area contributed by atoms with Gasteiger partial charge in [0.05, 0.1) is 0 Å². The number of nitrogens with zero attached hydrogens (tertiary/aromatic N) is 4. The fraction of sp³-hybridized carbons (Fsp3) is 0.273. The van der Waals surface area contributed by atoms with E-state index < -0.39 is 0 Å². The quantitative estimate of drug-likeness (QED) is 0.661. The highest BCUT2D eigenvalue weighted by atomic mass is 32.2. The molecule has 0 amide bonds. The van der Waals surface area contributed by atoms with Crippen molar-refractivity contribution >= 4 is 17.6 Å². The summed E-state index contributed by atoms with van der Waals surface area (Å²) in [5, 5.41) is 1.42. The molecular formula is C11H13N5S. The molecule has 2 N–H and O–H groups in total. The molecule has 2 aromatic heterocycles. The second kappa shape index (κ2) is 5.09. The van der Waals surface area contributed by atoms with Crippen LogP contribution in [0.3, 0.4) is 0 Å². The lowest BCUT2D eigenvalue weighted by atomic mass is 10.2. The van der Waals surface area contributed by atoms with Crippen LogP contribution >= 0.6 is 11.8 Å². The Balaban J connectivity index is 2.27. The molecule has 17 heavy (non-hydrogen) atoms. The maximum Gasteiger partial charge on any atom is 0.193 e. The Kier molecular flexibility index (Phi) is 3.53. The van der Waals surface area contributed by atoms with E-state index in [-0.39, 0.29) is 5.92 Å². The van der Waals surface area contributed by atoms with Gasteiger partial charge >= 0.3 is 0 Å². The summed E-state index contributed by atoms with van der Waals surface area (Å²) in [6, 6.07) is 3.50. The molecule has 0 bridgehead atoms. The average Bonchev–Trinajstić information content (AvgIpc) is 2.29. The number of hydrogen-bond donors (Lipinski definition) is 1. The van der Waals surface area contributed by atoms with Gasteiger partial charge in [-0.05, 0) is 17.8 Å². The number of anilines is 1. The van der Waals surface area contributed by atoms with E-state index in [1.165, 1.54) is 11.8 Å². The molecule has 0 unspecified atom stereocenters. The maximum absolute atomic E-state index is 5.75. The highest BCUT2D eigenvalue weighted by Gasteiger charge is 2.08. The SMILES string of the molecule is CC(C)c1nc(N)cc(Sc2ncccn2)n1. The third-order valence-electron chi connectivity index (χ3n) is 1.99. The molecule has 0 atom stereocenters. The third kappa shape index (κ3) is 3.13. The first kappa shape index (κ1) is 11.8. The summed E-state index contributed by atoms with van der Waals surface area (Å²) in [6.07, 6.45) is 3.40. The molecule has 88 valence electrons. The molecular weight excluding hydrogens is 234 g/mol. The summed E-state index contributed by atoms with van der Waals surface area (Å²) in [5.41, 5.74) is 5.75. The number of hydrogen-bond acceptors (Lipinski definition) is 6. The van der Waals surface area contributed by atoms with Crippen molar-refractivity contribution in [2.24, 2.45) is 0 Å². The van der Waals surface area contributed by atoms with Gasteiger partial charge in [0.2, 0.25) is 0 Å². The molecule has 0 spiro atoms. The van der Waals surface area contributed by atoms with E-state index in [1.807, 2.05) is 13.8 Å². The van der Waals surface area contributed by atoms with Crippen molar-refractivity contribution in [3.63, 3.8) is 0 Å². The number of aromatic nitrogens is 4. The predicted octanol–water partition coefficient (Wildman–Crippen LogP) is 2.12. The summed E-state index contributed by atoms with van der Waals surface area (Å²) in [5.74, 6) is 1.46. The van der Waals surface area contributed by atoms with Crippen LogP contribution in [-0.2, 0) is 0 Å². The summed E-state index contributed by atoms with van der Waals surface area (Å²) in [4.78, 5) is 16.9. The van der Waals surface area contributed by atoms with E-state index in [4.69, 9.17) is 5.73 Å². The maximum atomic E-state index is 5.75. The van der Waals surface area contributed by atoms with Crippen molar-refractivity contribution in [2.75, 3.05) is 5.73 Å². The highest BCUT2D eigenvalue weighted by Crippen LogP contribution is 2.24. The van der Waals surface area contributed by atoms with Crippen LogP contribution in [0.25, 0.3) is 0 Å². The Hall–Kier alpha value is -1.69. The van der Waals surface area contributed by atoms with E-state index in [1.54, 1.807) is 24.5 Å². The zero-order valence-corrected chi connectivity index (χ0v) is 10.5. The summed E-state index contributed by atoms with van der Waals surface area (Å²) >= 11 is 1.38. The molecule has 0 aliphatic carbocycles. The minimum Gasteiger partial charge on any atom is -0.384 e. The molecule has 0 fully saturated rings. The first-order valence-electron chi connectivity index (χ1n) is 5.24. The molecule has 2 aromatic rings. The molecule has 0 saturated carbocycles. The topological polar surface area (TPSA) is 77.6 Å². The molecule has 0 saturated heterocycles. The smallest absolute Gasteiger partial charge is 0.193 e. The summed E-state index contributed by atoms with van der Waals surface area (Å²) in [6.45, 7) is 4.06. The monoisotopic (exact) mass is 247 g/mol. The van der Waals surface area contributed by atoms with Crippen LogP contribution in [0.15, 0.2) is 34.7 Å². The molecule has 0 aromatic carbocycles. The Morgan fingerprint density at radius 1 is 1.18 bits per heavy atom. The zero-order chi connectivity index (χ0) is 12.3. The largest absolute Gasteiger partial charge is 0.384 e. The number of nitrogen functional groups attached to an aromatic ring is 1. The number of rotatable bonds is 3. The van der Waals surface area contributed by atoms with Gasteiger partial charge in [-0.3, -0.25) is 0 Å². The molecule has 2 heterocycles. The lowest BCUT2D eigenvalue weighted by Crippen LogP contribution is -2.02. The summed E-state index contributed by atoms with van der Waals surface area (Å²) in [7, 11) is 0. The van der Waals surface area contributed by atoms with E-state index >= 15 is 0 Å².